The lowest BCUT2D eigenvalue weighted by Gasteiger charge is -2.11. The van der Waals surface area contributed by atoms with E-state index < -0.39 is 0 Å². The third-order valence-electron chi connectivity index (χ3n) is 4.52. The normalized spacial score (nSPS) is 13.3. The van der Waals surface area contributed by atoms with Crippen molar-refractivity contribution in [3.8, 4) is 11.3 Å². The Kier molecular flexibility index (Phi) is 4.70. The van der Waals surface area contributed by atoms with Gasteiger partial charge < -0.3 is 9.88 Å². The molecule has 0 bridgehead atoms. The minimum Gasteiger partial charge on any atom is -0.334 e. The Morgan fingerprint density at radius 2 is 1.96 bits per heavy atom. The molecule has 2 aromatic carbocycles. The Balaban J connectivity index is 1.59. The van der Waals surface area contributed by atoms with Gasteiger partial charge in [0.1, 0.15) is 5.82 Å². The van der Waals surface area contributed by atoms with Gasteiger partial charge in [-0.15, -0.1) is 0 Å². The number of rotatable bonds is 3. The quantitative estimate of drug-likeness (QED) is 0.651. The van der Waals surface area contributed by atoms with E-state index in [1.807, 2.05) is 24.3 Å². The van der Waals surface area contributed by atoms with Crippen LogP contribution in [0.2, 0.25) is 10.0 Å². The number of anilines is 1. The SMILES string of the molecule is O=C(Nc1cccc(-c2cn3c(n2)CCCC3)c1)c1cccc(Cl)c1Cl. The summed E-state index contributed by atoms with van der Waals surface area (Å²) in [5.74, 6) is 0.838. The molecule has 0 spiro atoms. The van der Waals surface area contributed by atoms with Crippen molar-refractivity contribution in [2.24, 2.45) is 0 Å². The van der Waals surface area contributed by atoms with Gasteiger partial charge in [0.15, 0.2) is 0 Å². The average molecular weight is 386 g/mol. The summed E-state index contributed by atoms with van der Waals surface area (Å²) in [7, 11) is 0. The van der Waals surface area contributed by atoms with Crippen molar-refractivity contribution >= 4 is 34.8 Å². The van der Waals surface area contributed by atoms with Gasteiger partial charge in [-0.25, -0.2) is 4.98 Å². The van der Waals surface area contributed by atoms with Gasteiger partial charge in [0.2, 0.25) is 0 Å². The summed E-state index contributed by atoms with van der Waals surface area (Å²) in [5, 5.41) is 3.49. The molecular formula is C20H17Cl2N3O. The summed E-state index contributed by atoms with van der Waals surface area (Å²) < 4.78 is 2.22. The van der Waals surface area contributed by atoms with Crippen molar-refractivity contribution in [3.63, 3.8) is 0 Å². The van der Waals surface area contributed by atoms with Gasteiger partial charge in [0, 0.05) is 30.4 Å². The molecule has 1 amide bonds. The largest absolute Gasteiger partial charge is 0.334 e. The summed E-state index contributed by atoms with van der Waals surface area (Å²) in [6.07, 6.45) is 5.49. The molecule has 132 valence electrons. The second kappa shape index (κ2) is 7.14. The zero-order chi connectivity index (χ0) is 18.1. The molecular weight excluding hydrogens is 369 g/mol. The Labute approximate surface area is 161 Å². The van der Waals surface area contributed by atoms with Crippen LogP contribution in [0.5, 0.6) is 0 Å². The highest BCUT2D eigenvalue weighted by atomic mass is 35.5. The van der Waals surface area contributed by atoms with Crippen LogP contribution in [0.4, 0.5) is 5.69 Å². The second-order valence-electron chi connectivity index (χ2n) is 6.33. The standard InChI is InChI=1S/C20H17Cl2N3O/c21-16-8-4-7-15(19(16)22)20(26)23-14-6-3-5-13(11-14)17-12-25-10-2-1-9-18(25)24-17/h3-8,11-12H,1-2,9-10H2,(H,23,26). The number of hydrogen-bond donors (Lipinski definition) is 1. The summed E-state index contributed by atoms with van der Waals surface area (Å²) in [5.41, 5.74) is 2.94. The number of aromatic nitrogens is 2. The summed E-state index contributed by atoms with van der Waals surface area (Å²) >= 11 is 12.1. The number of nitrogens with one attached hydrogen (secondary N) is 1. The Bertz CT molecular complexity index is 957. The lowest BCUT2D eigenvalue weighted by Crippen LogP contribution is -2.12. The molecule has 1 aromatic heterocycles. The van der Waals surface area contributed by atoms with Crippen LogP contribution in [-0.4, -0.2) is 15.5 Å². The van der Waals surface area contributed by atoms with E-state index >= 15 is 0 Å². The second-order valence-corrected chi connectivity index (χ2v) is 7.11. The van der Waals surface area contributed by atoms with E-state index in [1.54, 1.807) is 18.2 Å². The molecule has 0 saturated heterocycles. The third kappa shape index (κ3) is 3.35. The number of imidazole rings is 1. The minimum absolute atomic E-state index is 0.254. The van der Waals surface area contributed by atoms with Crippen LogP contribution >= 0.6 is 23.2 Å². The van der Waals surface area contributed by atoms with Gasteiger partial charge in [-0.3, -0.25) is 4.79 Å². The van der Waals surface area contributed by atoms with Gasteiger partial charge in [-0.1, -0.05) is 41.4 Å². The van der Waals surface area contributed by atoms with Crippen molar-refractivity contribution in [1.82, 2.24) is 9.55 Å². The highest BCUT2D eigenvalue weighted by Gasteiger charge is 2.15. The fraction of sp³-hybridized carbons (Fsp3) is 0.200. The molecule has 1 aliphatic rings. The fourth-order valence-electron chi connectivity index (χ4n) is 3.19. The first-order chi connectivity index (χ1) is 12.6. The van der Waals surface area contributed by atoms with E-state index in [9.17, 15) is 4.79 Å². The Morgan fingerprint density at radius 1 is 1.12 bits per heavy atom. The molecule has 3 aromatic rings. The molecule has 0 unspecified atom stereocenters. The molecule has 1 N–H and O–H groups in total. The maximum atomic E-state index is 12.5. The molecule has 4 nitrogen and oxygen atoms in total. The lowest BCUT2D eigenvalue weighted by atomic mass is 10.1. The predicted molar refractivity (Wildman–Crippen MR) is 105 cm³/mol. The third-order valence-corrected chi connectivity index (χ3v) is 5.34. The van der Waals surface area contributed by atoms with Crippen molar-refractivity contribution in [2.45, 2.75) is 25.8 Å². The molecule has 0 atom stereocenters. The zero-order valence-electron chi connectivity index (χ0n) is 14.0. The highest BCUT2D eigenvalue weighted by Crippen LogP contribution is 2.28. The number of fused-ring (bicyclic) bond motifs is 1. The molecule has 4 rings (SSSR count). The topological polar surface area (TPSA) is 46.9 Å². The molecule has 6 heteroatoms. The number of benzene rings is 2. The number of carbonyl (C=O) groups is 1. The van der Waals surface area contributed by atoms with Crippen molar-refractivity contribution in [1.29, 1.82) is 0 Å². The van der Waals surface area contributed by atoms with E-state index in [1.165, 1.54) is 12.8 Å². The van der Waals surface area contributed by atoms with Crippen LogP contribution in [0.1, 0.15) is 29.0 Å². The molecule has 0 aliphatic carbocycles. The van der Waals surface area contributed by atoms with Gasteiger partial charge in [0.05, 0.1) is 21.3 Å². The monoisotopic (exact) mass is 385 g/mol. The number of carbonyl (C=O) groups excluding carboxylic acids is 1. The van der Waals surface area contributed by atoms with Crippen LogP contribution in [0, 0.1) is 0 Å². The molecule has 2 heterocycles. The lowest BCUT2D eigenvalue weighted by molar-refractivity contribution is 0.102. The first-order valence-corrected chi connectivity index (χ1v) is 9.29. The van der Waals surface area contributed by atoms with Gasteiger partial charge in [0.25, 0.3) is 5.91 Å². The first kappa shape index (κ1) is 17.1. The van der Waals surface area contributed by atoms with Crippen LogP contribution in [0.3, 0.4) is 0 Å². The van der Waals surface area contributed by atoms with Crippen LogP contribution < -0.4 is 5.32 Å². The predicted octanol–water partition coefficient (Wildman–Crippen LogP) is 5.45. The van der Waals surface area contributed by atoms with Gasteiger partial charge in [-0.05, 0) is 37.1 Å². The Hall–Kier alpha value is -2.30. The molecule has 1 aliphatic heterocycles. The van der Waals surface area contributed by atoms with E-state index in [2.05, 4.69) is 16.1 Å². The number of halogens is 2. The van der Waals surface area contributed by atoms with Crippen LogP contribution in [0.15, 0.2) is 48.7 Å². The molecule has 0 radical (unpaired) electrons. The maximum Gasteiger partial charge on any atom is 0.257 e. The smallest absolute Gasteiger partial charge is 0.257 e. The average Bonchev–Trinajstić information content (AvgIpc) is 3.08. The van der Waals surface area contributed by atoms with Crippen molar-refractivity contribution in [2.75, 3.05) is 5.32 Å². The van der Waals surface area contributed by atoms with Crippen LogP contribution in [-0.2, 0) is 13.0 Å². The number of hydrogen-bond acceptors (Lipinski definition) is 2. The molecule has 0 fully saturated rings. The van der Waals surface area contributed by atoms with Gasteiger partial charge >= 0.3 is 0 Å². The number of aryl methyl sites for hydroxylation is 2. The first-order valence-electron chi connectivity index (χ1n) is 8.53. The summed E-state index contributed by atoms with van der Waals surface area (Å²) in [6.45, 7) is 1.02. The Morgan fingerprint density at radius 3 is 2.81 bits per heavy atom. The van der Waals surface area contributed by atoms with E-state index in [4.69, 9.17) is 28.2 Å². The highest BCUT2D eigenvalue weighted by molar-refractivity contribution is 6.44. The number of amides is 1. The summed E-state index contributed by atoms with van der Waals surface area (Å²) in [6, 6.07) is 12.7. The maximum absolute atomic E-state index is 12.5. The van der Waals surface area contributed by atoms with E-state index in [0.717, 1.165) is 30.0 Å². The summed E-state index contributed by atoms with van der Waals surface area (Å²) in [4.78, 5) is 17.3. The van der Waals surface area contributed by atoms with Crippen LogP contribution in [0.25, 0.3) is 11.3 Å². The minimum atomic E-state index is -0.293. The van der Waals surface area contributed by atoms with Gasteiger partial charge in [-0.2, -0.15) is 0 Å². The molecule has 0 saturated carbocycles. The van der Waals surface area contributed by atoms with Crippen molar-refractivity contribution < 1.29 is 4.79 Å². The fourth-order valence-corrected chi connectivity index (χ4v) is 3.57. The zero-order valence-corrected chi connectivity index (χ0v) is 15.5. The van der Waals surface area contributed by atoms with E-state index in [-0.39, 0.29) is 10.9 Å². The van der Waals surface area contributed by atoms with Crippen molar-refractivity contribution in [3.05, 3.63) is 70.1 Å². The number of nitrogens with zero attached hydrogens (tertiary/aromatic N) is 2. The molecule has 26 heavy (non-hydrogen) atoms. The van der Waals surface area contributed by atoms with E-state index in [0.29, 0.717) is 16.3 Å².